The molecule has 0 heterocycles. The van der Waals surface area contributed by atoms with Crippen LogP contribution in [-0.2, 0) is 9.59 Å². The Kier molecular flexibility index (Phi) is 4.95. The number of carboxylic acid groups (broad SMARTS) is 1. The molecule has 0 radical (unpaired) electrons. The van der Waals surface area contributed by atoms with Crippen LogP contribution in [0, 0.1) is 10.1 Å². The maximum atomic E-state index is 11.5. The lowest BCUT2D eigenvalue weighted by atomic mass is 10.1. The topological polar surface area (TPSA) is 140 Å². The van der Waals surface area contributed by atoms with Gasteiger partial charge < -0.3 is 21.0 Å². The van der Waals surface area contributed by atoms with E-state index in [0.29, 0.717) is 5.69 Å². The summed E-state index contributed by atoms with van der Waals surface area (Å²) >= 11 is 0. The van der Waals surface area contributed by atoms with Gasteiger partial charge in [-0.15, -0.1) is 0 Å². The van der Waals surface area contributed by atoms with E-state index in [2.05, 4.69) is 11.1 Å². The van der Waals surface area contributed by atoms with Crippen molar-refractivity contribution in [1.29, 1.82) is 0 Å². The highest BCUT2D eigenvalue weighted by Crippen LogP contribution is 2.15. The molecule has 0 aliphatic heterocycles. The number of amides is 1. The molecule has 0 saturated heterocycles. The number of carbonyl (C=O) groups excluding carboxylic acids is 2. The van der Waals surface area contributed by atoms with Crippen molar-refractivity contribution in [3.8, 4) is 0 Å². The van der Waals surface area contributed by atoms with Gasteiger partial charge in [0.25, 0.3) is 5.69 Å². The molecule has 1 atom stereocenters. The summed E-state index contributed by atoms with van der Waals surface area (Å²) in [4.78, 5) is 31.8. The Balaban J connectivity index is 2.48. The lowest BCUT2D eigenvalue weighted by molar-refractivity contribution is -0.438. The van der Waals surface area contributed by atoms with Crippen molar-refractivity contribution >= 4 is 23.3 Å². The number of anilines is 1. The maximum Gasteiger partial charge on any atom is 0.269 e. The van der Waals surface area contributed by atoms with Crippen LogP contribution in [0.4, 0.5) is 11.4 Å². The molecule has 0 aliphatic carbocycles. The summed E-state index contributed by atoms with van der Waals surface area (Å²) in [5.41, 5.74) is 3.66. The smallest absolute Gasteiger partial charge is 0.269 e. The Hall–Kier alpha value is -2.48. The van der Waals surface area contributed by atoms with Gasteiger partial charge in [-0.3, -0.25) is 14.9 Å². The van der Waals surface area contributed by atoms with E-state index in [1.165, 1.54) is 24.3 Å². The van der Waals surface area contributed by atoms with Gasteiger partial charge in [-0.1, -0.05) is 0 Å². The minimum Gasteiger partial charge on any atom is -0.544 e. The first kappa shape index (κ1) is 14.6. The van der Waals surface area contributed by atoms with E-state index in [1.54, 1.807) is 0 Å². The largest absolute Gasteiger partial charge is 0.544 e. The second-order valence-electron chi connectivity index (χ2n) is 3.91. The third-order valence-electron chi connectivity index (χ3n) is 2.42. The molecular weight excluding hydrogens is 254 g/mol. The third-order valence-corrected chi connectivity index (χ3v) is 2.42. The number of hydrogen-bond acceptors (Lipinski definition) is 5. The van der Waals surface area contributed by atoms with Crippen LogP contribution in [0.25, 0.3) is 0 Å². The molecule has 8 heteroatoms. The Morgan fingerprint density at radius 1 is 1.32 bits per heavy atom. The van der Waals surface area contributed by atoms with Gasteiger partial charge >= 0.3 is 0 Å². The fraction of sp³-hybridized carbons (Fsp3) is 0.273. The molecule has 4 N–H and O–H groups in total. The molecule has 0 aromatic heterocycles. The summed E-state index contributed by atoms with van der Waals surface area (Å²) in [5, 5.41) is 23.3. The zero-order valence-electron chi connectivity index (χ0n) is 10.00. The summed E-state index contributed by atoms with van der Waals surface area (Å²) < 4.78 is 0. The molecule has 1 amide bonds. The number of nitro benzene ring substituents is 1. The molecule has 1 rings (SSSR count). The van der Waals surface area contributed by atoms with Gasteiger partial charge in [-0.05, 0) is 12.1 Å². The molecule has 19 heavy (non-hydrogen) atoms. The van der Waals surface area contributed by atoms with E-state index in [0.717, 1.165) is 0 Å². The highest BCUT2D eigenvalue weighted by atomic mass is 16.6. The van der Waals surface area contributed by atoms with Crippen LogP contribution in [0.15, 0.2) is 24.3 Å². The van der Waals surface area contributed by atoms with E-state index in [1.807, 2.05) is 0 Å². The molecule has 0 unspecified atom stereocenters. The summed E-state index contributed by atoms with van der Waals surface area (Å²) in [5.74, 6) is -1.69. The number of nitrogens with zero attached hydrogens (tertiary/aromatic N) is 1. The van der Waals surface area contributed by atoms with Crippen LogP contribution >= 0.6 is 0 Å². The number of aliphatic carboxylic acids is 1. The Morgan fingerprint density at radius 3 is 2.37 bits per heavy atom. The van der Waals surface area contributed by atoms with Crippen molar-refractivity contribution in [3.05, 3.63) is 34.4 Å². The lowest BCUT2D eigenvalue weighted by Gasteiger charge is -2.09. The van der Waals surface area contributed by atoms with Gasteiger partial charge in [-0.25, -0.2) is 0 Å². The quantitative estimate of drug-likeness (QED) is 0.485. The van der Waals surface area contributed by atoms with Crippen molar-refractivity contribution in [3.63, 3.8) is 0 Å². The fourth-order valence-electron chi connectivity index (χ4n) is 1.31. The predicted octanol–water partition coefficient (Wildman–Crippen LogP) is -1.33. The first-order valence-electron chi connectivity index (χ1n) is 5.48. The molecule has 0 saturated carbocycles. The molecule has 0 aliphatic rings. The zero-order chi connectivity index (χ0) is 14.4. The number of hydrogen-bond donors (Lipinski definition) is 2. The number of nitrogens with one attached hydrogen (secondary N) is 1. The SMILES string of the molecule is [NH3+][C@H](CCC(=O)Nc1ccc([N+](=O)[O-])cc1)C(=O)[O-]. The van der Waals surface area contributed by atoms with Gasteiger partial charge in [0.15, 0.2) is 0 Å². The molecule has 1 aromatic rings. The standard InChI is InChI=1S/C11H13N3O5/c12-9(11(16)17)5-6-10(15)13-7-1-3-8(4-2-7)14(18)19/h1-4,9H,5-6,12H2,(H,13,15)(H,16,17)/t9-/m1/s1. The van der Waals surface area contributed by atoms with Crippen molar-refractivity contribution < 1.29 is 25.4 Å². The van der Waals surface area contributed by atoms with Gasteiger partial charge in [0.2, 0.25) is 5.91 Å². The zero-order valence-corrected chi connectivity index (χ0v) is 10.00. The molecule has 0 spiro atoms. The second-order valence-corrected chi connectivity index (χ2v) is 3.91. The van der Waals surface area contributed by atoms with Crippen molar-refractivity contribution in [2.45, 2.75) is 18.9 Å². The molecule has 0 fully saturated rings. The van der Waals surface area contributed by atoms with Gasteiger partial charge in [-0.2, -0.15) is 0 Å². The first-order chi connectivity index (χ1) is 8.90. The van der Waals surface area contributed by atoms with Crippen molar-refractivity contribution in [1.82, 2.24) is 0 Å². The average Bonchev–Trinajstić information content (AvgIpc) is 2.36. The number of nitro groups is 1. The monoisotopic (exact) mass is 267 g/mol. The van der Waals surface area contributed by atoms with Crippen LogP contribution in [0.5, 0.6) is 0 Å². The number of carbonyl (C=O) groups is 2. The minimum absolute atomic E-state index is 0.0147. The summed E-state index contributed by atoms with van der Waals surface area (Å²) in [6.45, 7) is 0. The third kappa shape index (κ3) is 4.72. The second kappa shape index (κ2) is 6.45. The Bertz CT molecular complexity index is 486. The van der Waals surface area contributed by atoms with E-state index >= 15 is 0 Å². The minimum atomic E-state index is -1.30. The highest BCUT2D eigenvalue weighted by molar-refractivity contribution is 5.91. The van der Waals surface area contributed by atoms with Crippen LogP contribution in [0.3, 0.4) is 0 Å². The molecular formula is C11H13N3O5. The Labute approximate surface area is 108 Å². The maximum absolute atomic E-state index is 11.5. The van der Waals surface area contributed by atoms with Crippen LogP contribution < -0.4 is 16.2 Å². The van der Waals surface area contributed by atoms with Crippen LogP contribution in [0.1, 0.15) is 12.8 Å². The summed E-state index contributed by atoms with van der Waals surface area (Å²) in [7, 11) is 0. The van der Waals surface area contributed by atoms with Crippen molar-refractivity contribution in [2.75, 3.05) is 5.32 Å². The molecule has 102 valence electrons. The molecule has 1 aromatic carbocycles. The normalized spacial score (nSPS) is 11.6. The highest BCUT2D eigenvalue weighted by Gasteiger charge is 2.11. The summed E-state index contributed by atoms with van der Waals surface area (Å²) in [6.07, 6.45) is 0.0558. The van der Waals surface area contributed by atoms with Gasteiger partial charge in [0.05, 0.1) is 10.9 Å². The van der Waals surface area contributed by atoms with Crippen LogP contribution in [0.2, 0.25) is 0 Å². The Morgan fingerprint density at radius 2 is 1.89 bits per heavy atom. The van der Waals surface area contributed by atoms with Crippen LogP contribution in [-0.4, -0.2) is 22.8 Å². The average molecular weight is 267 g/mol. The van der Waals surface area contributed by atoms with E-state index in [-0.39, 0.29) is 24.4 Å². The van der Waals surface area contributed by atoms with Crippen molar-refractivity contribution in [2.24, 2.45) is 0 Å². The number of benzene rings is 1. The summed E-state index contributed by atoms with van der Waals surface area (Å²) in [6, 6.07) is 4.39. The number of carboxylic acids is 1. The number of quaternary nitrogens is 1. The molecule has 0 bridgehead atoms. The van der Waals surface area contributed by atoms with Gasteiger partial charge in [0.1, 0.15) is 6.04 Å². The number of non-ortho nitro benzene ring substituents is 1. The van der Waals surface area contributed by atoms with E-state index < -0.39 is 16.9 Å². The lowest BCUT2D eigenvalue weighted by Crippen LogP contribution is -2.68. The fourth-order valence-corrected chi connectivity index (χ4v) is 1.31. The number of rotatable bonds is 6. The molecule has 8 nitrogen and oxygen atoms in total. The predicted molar refractivity (Wildman–Crippen MR) is 62.6 cm³/mol. The van der Waals surface area contributed by atoms with Gasteiger partial charge in [0, 0.05) is 30.7 Å². The van der Waals surface area contributed by atoms with E-state index in [4.69, 9.17) is 0 Å². The first-order valence-corrected chi connectivity index (χ1v) is 5.48. The van der Waals surface area contributed by atoms with E-state index in [9.17, 15) is 24.8 Å².